The number of hydrogen-bond donors (Lipinski definition) is 2. The van der Waals surface area contributed by atoms with E-state index >= 15 is 0 Å². The van der Waals surface area contributed by atoms with Gasteiger partial charge in [-0.05, 0) is 19.3 Å². The molecular formula is C18H20F2N4O2S. The summed E-state index contributed by atoms with van der Waals surface area (Å²) in [5, 5.41) is 9.70. The van der Waals surface area contributed by atoms with E-state index in [0.29, 0.717) is 34.2 Å². The Kier molecular flexibility index (Phi) is 3.98. The summed E-state index contributed by atoms with van der Waals surface area (Å²) < 4.78 is 35.0. The molecule has 2 N–H and O–H groups in total. The second kappa shape index (κ2) is 6.27. The monoisotopic (exact) mass is 394 g/mol. The number of aromatic nitrogens is 2. The van der Waals surface area contributed by atoms with Crippen molar-refractivity contribution in [2.75, 3.05) is 24.6 Å². The topological polar surface area (TPSA) is 70.2 Å². The largest absolute Gasteiger partial charge is 0.376 e. The fraction of sp³-hybridized carbons (Fsp3) is 0.556. The highest BCUT2D eigenvalue weighted by Crippen LogP contribution is 2.48. The number of carbonyl (C=O) groups is 1. The molecule has 0 aromatic carbocycles. The highest BCUT2D eigenvalue weighted by atomic mass is 32.1. The van der Waals surface area contributed by atoms with E-state index in [9.17, 15) is 13.6 Å². The molecule has 27 heavy (non-hydrogen) atoms. The van der Waals surface area contributed by atoms with Gasteiger partial charge in [-0.2, -0.15) is 5.10 Å². The molecule has 6 nitrogen and oxygen atoms in total. The number of rotatable bonds is 2. The van der Waals surface area contributed by atoms with Crippen molar-refractivity contribution in [1.29, 1.82) is 0 Å². The molecule has 1 fully saturated rings. The van der Waals surface area contributed by atoms with Crippen LogP contribution in [-0.4, -0.2) is 53.9 Å². The summed E-state index contributed by atoms with van der Waals surface area (Å²) in [6.07, 6.45) is 5.69. The maximum atomic E-state index is 14.6. The van der Waals surface area contributed by atoms with Crippen molar-refractivity contribution in [3.05, 3.63) is 22.8 Å². The predicted molar refractivity (Wildman–Crippen MR) is 97.6 cm³/mol. The summed E-state index contributed by atoms with van der Waals surface area (Å²) in [4.78, 5) is 15.8. The molecule has 0 spiro atoms. The normalized spacial score (nSPS) is 27.0. The van der Waals surface area contributed by atoms with Crippen LogP contribution in [-0.2, 0) is 11.2 Å². The summed E-state index contributed by atoms with van der Waals surface area (Å²) in [5.74, 6) is -3.03. The molecule has 3 aliphatic heterocycles. The standard InChI is InChI=1S/C18H20F2N4O2S/c19-18(20)5-11-14-16(27-15(11)10-6-21-22-7-10)17(25)23-12(8-24(14)9-18)13-3-1-2-4-26-13/h6-7,12-13H,1-5,8-9H2,(H,21,22)(H,23,25)/t12-,13-/m1/s1. The van der Waals surface area contributed by atoms with Crippen LogP contribution in [0.25, 0.3) is 10.4 Å². The Hall–Kier alpha value is -2.00. The fourth-order valence-electron chi connectivity index (χ4n) is 4.36. The number of nitrogens with one attached hydrogen (secondary N) is 2. The Balaban J connectivity index is 1.58. The first-order valence-corrected chi connectivity index (χ1v) is 10.0. The molecule has 5 rings (SSSR count). The molecule has 0 saturated carbocycles. The summed E-state index contributed by atoms with van der Waals surface area (Å²) in [7, 11) is 0. The van der Waals surface area contributed by atoms with Crippen LogP contribution < -0.4 is 10.2 Å². The minimum Gasteiger partial charge on any atom is -0.376 e. The molecule has 2 aromatic heterocycles. The lowest BCUT2D eigenvalue weighted by molar-refractivity contribution is -0.0109. The molecule has 0 bridgehead atoms. The quantitative estimate of drug-likeness (QED) is 0.822. The Bertz CT molecular complexity index is 861. The SMILES string of the molecule is O=C1N[C@@H]([C@H]2CCCCO2)CN2CC(F)(F)Cc3c(-c4cn[nH]c4)sc1c32. The van der Waals surface area contributed by atoms with Gasteiger partial charge in [0.15, 0.2) is 0 Å². The number of ether oxygens (including phenoxy) is 1. The molecule has 5 heterocycles. The van der Waals surface area contributed by atoms with Crippen LogP contribution in [0.5, 0.6) is 0 Å². The van der Waals surface area contributed by atoms with Gasteiger partial charge in [0.2, 0.25) is 0 Å². The van der Waals surface area contributed by atoms with Crippen LogP contribution in [0.2, 0.25) is 0 Å². The van der Waals surface area contributed by atoms with Crippen molar-refractivity contribution >= 4 is 22.9 Å². The molecule has 1 amide bonds. The second-order valence-electron chi connectivity index (χ2n) is 7.47. The van der Waals surface area contributed by atoms with E-state index in [1.807, 2.05) is 0 Å². The number of anilines is 1. The van der Waals surface area contributed by atoms with Crippen molar-refractivity contribution in [1.82, 2.24) is 15.5 Å². The summed E-state index contributed by atoms with van der Waals surface area (Å²) in [5.41, 5.74) is 1.95. The van der Waals surface area contributed by atoms with E-state index in [-0.39, 0.29) is 31.0 Å². The van der Waals surface area contributed by atoms with Gasteiger partial charge in [0.05, 0.1) is 30.6 Å². The van der Waals surface area contributed by atoms with Gasteiger partial charge < -0.3 is 15.0 Å². The third-order valence-corrected chi connectivity index (χ3v) is 6.79. The number of nitrogens with zero attached hydrogens (tertiary/aromatic N) is 2. The lowest BCUT2D eigenvalue weighted by atomic mass is 9.96. The van der Waals surface area contributed by atoms with Gasteiger partial charge in [-0.3, -0.25) is 9.89 Å². The summed E-state index contributed by atoms with van der Waals surface area (Å²) >= 11 is 1.27. The van der Waals surface area contributed by atoms with Gasteiger partial charge in [0.25, 0.3) is 11.8 Å². The zero-order chi connectivity index (χ0) is 18.6. The van der Waals surface area contributed by atoms with Gasteiger partial charge in [-0.1, -0.05) is 0 Å². The van der Waals surface area contributed by atoms with Gasteiger partial charge in [0.1, 0.15) is 4.88 Å². The average molecular weight is 394 g/mol. The smallest absolute Gasteiger partial charge is 0.269 e. The number of thiophene rings is 1. The number of carbonyl (C=O) groups excluding carboxylic acids is 1. The molecule has 2 aromatic rings. The Morgan fingerprint density at radius 3 is 2.96 bits per heavy atom. The fourth-order valence-corrected chi connectivity index (χ4v) is 5.58. The Morgan fingerprint density at radius 1 is 1.33 bits per heavy atom. The molecular weight excluding hydrogens is 374 g/mol. The molecule has 3 aliphatic rings. The Labute approximate surface area is 158 Å². The summed E-state index contributed by atoms with van der Waals surface area (Å²) in [6, 6.07) is -0.281. The first-order chi connectivity index (χ1) is 13.0. The van der Waals surface area contributed by atoms with Crippen molar-refractivity contribution < 1.29 is 18.3 Å². The van der Waals surface area contributed by atoms with Crippen LogP contribution >= 0.6 is 11.3 Å². The van der Waals surface area contributed by atoms with E-state index in [4.69, 9.17) is 4.74 Å². The molecule has 0 aliphatic carbocycles. The number of halogens is 2. The number of hydrogen-bond acceptors (Lipinski definition) is 5. The van der Waals surface area contributed by atoms with Gasteiger partial charge in [-0.25, -0.2) is 8.78 Å². The molecule has 144 valence electrons. The number of amides is 1. The van der Waals surface area contributed by atoms with Gasteiger partial charge >= 0.3 is 0 Å². The van der Waals surface area contributed by atoms with Gasteiger partial charge in [0, 0.05) is 41.8 Å². The number of H-pyrrole nitrogens is 1. The van der Waals surface area contributed by atoms with E-state index in [1.165, 1.54) is 11.3 Å². The van der Waals surface area contributed by atoms with E-state index in [1.54, 1.807) is 17.3 Å². The lowest BCUT2D eigenvalue weighted by Gasteiger charge is -2.38. The minimum atomic E-state index is -2.84. The van der Waals surface area contributed by atoms with E-state index < -0.39 is 5.92 Å². The van der Waals surface area contributed by atoms with Crippen LogP contribution in [0.1, 0.15) is 34.5 Å². The first-order valence-electron chi connectivity index (χ1n) is 9.22. The lowest BCUT2D eigenvalue weighted by Crippen LogP contribution is -2.53. The predicted octanol–water partition coefficient (Wildman–Crippen LogP) is 2.82. The van der Waals surface area contributed by atoms with Crippen molar-refractivity contribution in [3.8, 4) is 10.4 Å². The van der Waals surface area contributed by atoms with Crippen molar-refractivity contribution in [2.45, 2.75) is 43.8 Å². The van der Waals surface area contributed by atoms with E-state index in [0.717, 1.165) is 24.8 Å². The average Bonchev–Trinajstić information content (AvgIpc) is 3.25. The third-order valence-electron chi connectivity index (χ3n) is 5.52. The zero-order valence-electron chi connectivity index (χ0n) is 14.6. The van der Waals surface area contributed by atoms with Crippen LogP contribution in [0, 0.1) is 0 Å². The first kappa shape index (κ1) is 17.1. The number of alkyl halides is 2. The molecule has 0 radical (unpaired) electrons. The van der Waals surface area contributed by atoms with Gasteiger partial charge in [-0.15, -0.1) is 11.3 Å². The van der Waals surface area contributed by atoms with E-state index in [2.05, 4.69) is 15.5 Å². The molecule has 0 unspecified atom stereocenters. The molecule has 9 heteroatoms. The summed E-state index contributed by atoms with van der Waals surface area (Å²) in [6.45, 7) is 0.630. The highest BCUT2D eigenvalue weighted by Gasteiger charge is 2.46. The van der Waals surface area contributed by atoms with Crippen molar-refractivity contribution in [3.63, 3.8) is 0 Å². The number of aromatic amines is 1. The third kappa shape index (κ3) is 2.93. The van der Waals surface area contributed by atoms with Crippen molar-refractivity contribution in [2.24, 2.45) is 0 Å². The van der Waals surface area contributed by atoms with Crippen LogP contribution in [0.4, 0.5) is 14.5 Å². The second-order valence-corrected chi connectivity index (χ2v) is 8.49. The maximum absolute atomic E-state index is 14.6. The molecule has 1 saturated heterocycles. The highest BCUT2D eigenvalue weighted by molar-refractivity contribution is 7.18. The molecule has 2 atom stereocenters. The zero-order valence-corrected chi connectivity index (χ0v) is 15.5. The minimum absolute atomic E-state index is 0.121. The van der Waals surface area contributed by atoms with Crippen LogP contribution in [0.15, 0.2) is 12.4 Å². The Morgan fingerprint density at radius 2 is 2.22 bits per heavy atom. The van der Waals surface area contributed by atoms with Crippen LogP contribution in [0.3, 0.4) is 0 Å². The maximum Gasteiger partial charge on any atom is 0.269 e.